The number of benzene rings is 3. The third-order valence-electron chi connectivity index (χ3n) is 5.70. The van der Waals surface area contributed by atoms with E-state index in [0.717, 1.165) is 22.3 Å². The van der Waals surface area contributed by atoms with E-state index in [1.165, 1.54) is 0 Å². The van der Waals surface area contributed by atoms with Gasteiger partial charge in [-0.05, 0) is 41.7 Å². The van der Waals surface area contributed by atoms with Crippen molar-refractivity contribution in [1.82, 2.24) is 10.2 Å². The highest BCUT2D eigenvalue weighted by Gasteiger charge is 2.30. The van der Waals surface area contributed by atoms with Gasteiger partial charge in [-0.1, -0.05) is 97.7 Å². The summed E-state index contributed by atoms with van der Waals surface area (Å²) in [6, 6.07) is 24.6. The zero-order valence-corrected chi connectivity index (χ0v) is 20.9. The fourth-order valence-electron chi connectivity index (χ4n) is 3.75. The van der Waals surface area contributed by atoms with E-state index in [1.54, 1.807) is 4.90 Å². The molecule has 34 heavy (non-hydrogen) atoms. The van der Waals surface area contributed by atoms with Gasteiger partial charge in [-0.3, -0.25) is 9.59 Å². The monoisotopic (exact) mass is 476 g/mol. The summed E-state index contributed by atoms with van der Waals surface area (Å²) in [4.78, 5) is 28.8. The Labute approximate surface area is 207 Å². The number of nitrogens with zero attached hydrogens (tertiary/aromatic N) is 1. The van der Waals surface area contributed by atoms with Crippen LogP contribution in [0.3, 0.4) is 0 Å². The van der Waals surface area contributed by atoms with Crippen molar-refractivity contribution in [2.75, 3.05) is 6.54 Å². The summed E-state index contributed by atoms with van der Waals surface area (Å²) in [5.41, 5.74) is 4.01. The van der Waals surface area contributed by atoms with Crippen LogP contribution in [0, 0.1) is 12.8 Å². The van der Waals surface area contributed by atoms with Crippen molar-refractivity contribution in [2.24, 2.45) is 5.92 Å². The molecule has 0 spiro atoms. The minimum Gasteiger partial charge on any atom is -0.354 e. The second-order valence-corrected chi connectivity index (χ2v) is 9.59. The van der Waals surface area contributed by atoms with E-state index in [0.29, 0.717) is 30.5 Å². The predicted molar refractivity (Wildman–Crippen MR) is 139 cm³/mol. The Morgan fingerprint density at radius 2 is 1.47 bits per heavy atom. The summed E-state index contributed by atoms with van der Waals surface area (Å²) in [7, 11) is 0. The molecule has 0 bridgehead atoms. The van der Waals surface area contributed by atoms with Gasteiger partial charge < -0.3 is 10.2 Å². The molecule has 1 atom stereocenters. The second kappa shape index (κ2) is 12.4. The zero-order valence-electron chi connectivity index (χ0n) is 20.1. The molecule has 2 amide bonds. The molecule has 0 saturated heterocycles. The highest BCUT2D eigenvalue weighted by molar-refractivity contribution is 6.30. The highest BCUT2D eigenvalue weighted by atomic mass is 35.5. The van der Waals surface area contributed by atoms with Crippen LogP contribution in [0.15, 0.2) is 78.9 Å². The molecule has 3 rings (SSSR count). The number of hydrogen-bond acceptors (Lipinski definition) is 2. The van der Waals surface area contributed by atoms with Gasteiger partial charge in [0.2, 0.25) is 11.8 Å². The van der Waals surface area contributed by atoms with Crippen molar-refractivity contribution in [3.8, 4) is 0 Å². The van der Waals surface area contributed by atoms with Crippen molar-refractivity contribution in [3.63, 3.8) is 0 Å². The molecule has 178 valence electrons. The third kappa shape index (κ3) is 7.74. The molecule has 3 aromatic rings. The van der Waals surface area contributed by atoms with Crippen LogP contribution < -0.4 is 5.32 Å². The Balaban J connectivity index is 1.93. The maximum Gasteiger partial charge on any atom is 0.243 e. The Bertz CT molecular complexity index is 1060. The van der Waals surface area contributed by atoms with E-state index >= 15 is 0 Å². The highest BCUT2D eigenvalue weighted by Crippen LogP contribution is 2.18. The van der Waals surface area contributed by atoms with Crippen LogP contribution in [0.25, 0.3) is 0 Å². The first-order valence-electron chi connectivity index (χ1n) is 11.7. The average Bonchev–Trinajstić information content (AvgIpc) is 2.83. The molecule has 0 saturated carbocycles. The van der Waals surface area contributed by atoms with Gasteiger partial charge in [0.1, 0.15) is 6.04 Å². The first-order chi connectivity index (χ1) is 16.3. The van der Waals surface area contributed by atoms with Crippen molar-refractivity contribution in [1.29, 1.82) is 0 Å². The predicted octanol–water partition coefficient (Wildman–Crippen LogP) is 5.60. The van der Waals surface area contributed by atoms with Gasteiger partial charge in [0.25, 0.3) is 0 Å². The van der Waals surface area contributed by atoms with E-state index in [1.807, 2.05) is 85.8 Å². The van der Waals surface area contributed by atoms with Gasteiger partial charge in [-0.2, -0.15) is 0 Å². The number of aryl methyl sites for hydroxylation is 1. The first kappa shape index (κ1) is 25.5. The lowest BCUT2D eigenvalue weighted by atomic mass is 10.0. The molecule has 0 aliphatic carbocycles. The van der Waals surface area contributed by atoms with Crippen molar-refractivity contribution in [3.05, 3.63) is 106 Å². The quantitative estimate of drug-likeness (QED) is 0.414. The normalized spacial score (nSPS) is 11.8. The zero-order chi connectivity index (χ0) is 24.5. The van der Waals surface area contributed by atoms with Crippen molar-refractivity contribution >= 4 is 23.4 Å². The molecule has 0 aliphatic rings. The maximum atomic E-state index is 13.7. The number of hydrogen-bond donors (Lipinski definition) is 1. The molecular weight excluding hydrogens is 444 g/mol. The minimum atomic E-state index is -0.630. The number of nitrogens with one attached hydrogen (secondary N) is 1. The molecule has 0 unspecified atom stereocenters. The molecule has 4 nitrogen and oxygen atoms in total. The molecule has 5 heteroatoms. The molecule has 1 N–H and O–H groups in total. The molecule has 0 aliphatic heterocycles. The first-order valence-corrected chi connectivity index (χ1v) is 12.1. The van der Waals surface area contributed by atoms with Gasteiger partial charge in [0.15, 0.2) is 0 Å². The average molecular weight is 477 g/mol. The summed E-state index contributed by atoms with van der Waals surface area (Å²) in [5.74, 6) is 0.0949. The van der Waals surface area contributed by atoms with Crippen molar-refractivity contribution in [2.45, 2.75) is 46.2 Å². The Hall–Kier alpha value is -3.11. The van der Waals surface area contributed by atoms with Crippen LogP contribution in [0.1, 0.15) is 36.1 Å². The van der Waals surface area contributed by atoms with Crippen LogP contribution in [-0.2, 0) is 29.0 Å². The smallest absolute Gasteiger partial charge is 0.243 e. The summed E-state index contributed by atoms with van der Waals surface area (Å²) in [6.45, 7) is 7.02. The topological polar surface area (TPSA) is 49.4 Å². The molecular formula is C29H33ClN2O2. The Kier molecular flexibility index (Phi) is 9.29. The van der Waals surface area contributed by atoms with Crippen molar-refractivity contribution < 1.29 is 9.59 Å². The van der Waals surface area contributed by atoms with Crippen LogP contribution >= 0.6 is 11.6 Å². The van der Waals surface area contributed by atoms with E-state index < -0.39 is 6.04 Å². The molecule has 0 fully saturated rings. The number of carbonyl (C=O) groups excluding carboxylic acids is 2. The Morgan fingerprint density at radius 3 is 2.09 bits per heavy atom. The molecule has 0 aromatic heterocycles. The lowest BCUT2D eigenvalue weighted by Gasteiger charge is -2.32. The van der Waals surface area contributed by atoms with E-state index in [9.17, 15) is 9.59 Å². The summed E-state index contributed by atoms with van der Waals surface area (Å²) in [5, 5.41) is 3.69. The molecule has 0 heterocycles. The minimum absolute atomic E-state index is 0.0839. The van der Waals surface area contributed by atoms with E-state index in [2.05, 4.69) is 19.2 Å². The van der Waals surface area contributed by atoms with Crippen LogP contribution in [-0.4, -0.2) is 29.3 Å². The lowest BCUT2D eigenvalue weighted by molar-refractivity contribution is -0.140. The fraction of sp³-hybridized carbons (Fsp3) is 0.310. The SMILES string of the molecule is Cc1ccc(CC(=O)N(Cc2ccc(Cl)cc2)[C@H](Cc2ccccc2)C(=O)NCC(C)C)cc1. The summed E-state index contributed by atoms with van der Waals surface area (Å²) < 4.78 is 0. The number of halogens is 1. The van der Waals surface area contributed by atoms with Crippen LogP contribution in [0.2, 0.25) is 5.02 Å². The third-order valence-corrected chi connectivity index (χ3v) is 5.95. The number of rotatable bonds is 10. The summed E-state index contributed by atoms with van der Waals surface area (Å²) >= 11 is 6.08. The Morgan fingerprint density at radius 1 is 0.853 bits per heavy atom. The number of amides is 2. The molecule has 3 aromatic carbocycles. The van der Waals surface area contributed by atoms with Crippen LogP contribution in [0.5, 0.6) is 0 Å². The maximum absolute atomic E-state index is 13.7. The standard InChI is InChI=1S/C29H33ClN2O2/c1-21(2)19-31-29(34)27(17-23-7-5-4-6-8-23)32(20-25-13-15-26(30)16-14-25)28(33)18-24-11-9-22(3)10-12-24/h4-16,21,27H,17-20H2,1-3H3,(H,31,34)/t27-/m1/s1. The number of carbonyl (C=O) groups is 2. The van der Waals surface area contributed by atoms with Gasteiger partial charge >= 0.3 is 0 Å². The van der Waals surface area contributed by atoms with Gasteiger partial charge in [0.05, 0.1) is 6.42 Å². The van der Waals surface area contributed by atoms with Gasteiger partial charge in [-0.25, -0.2) is 0 Å². The second-order valence-electron chi connectivity index (χ2n) is 9.16. The van der Waals surface area contributed by atoms with E-state index in [4.69, 9.17) is 11.6 Å². The molecule has 0 radical (unpaired) electrons. The van der Waals surface area contributed by atoms with Gasteiger partial charge in [0, 0.05) is 24.5 Å². The summed E-state index contributed by atoms with van der Waals surface area (Å²) in [6.07, 6.45) is 0.675. The fourth-order valence-corrected chi connectivity index (χ4v) is 3.87. The van der Waals surface area contributed by atoms with Gasteiger partial charge in [-0.15, -0.1) is 0 Å². The lowest BCUT2D eigenvalue weighted by Crippen LogP contribution is -2.51. The van der Waals surface area contributed by atoms with Crippen LogP contribution in [0.4, 0.5) is 0 Å². The largest absolute Gasteiger partial charge is 0.354 e. The van der Waals surface area contributed by atoms with E-state index in [-0.39, 0.29) is 18.2 Å².